The highest BCUT2D eigenvalue weighted by Gasteiger charge is 2.41. The molecule has 5 heteroatoms. The first-order valence-electron chi connectivity index (χ1n) is 8.91. The van der Waals surface area contributed by atoms with Crippen molar-refractivity contribution in [1.29, 1.82) is 0 Å². The zero-order valence-corrected chi connectivity index (χ0v) is 14.3. The Morgan fingerprint density at radius 2 is 1.65 bits per heavy atom. The topological polar surface area (TPSA) is 49.7 Å². The van der Waals surface area contributed by atoms with Crippen LogP contribution in [0.4, 0.5) is 10.1 Å². The van der Waals surface area contributed by atoms with Crippen molar-refractivity contribution in [2.45, 2.75) is 25.3 Å². The second-order valence-corrected chi connectivity index (χ2v) is 6.72. The van der Waals surface area contributed by atoms with Gasteiger partial charge < -0.3 is 0 Å². The van der Waals surface area contributed by atoms with Crippen LogP contribution < -0.4 is 0 Å². The minimum Gasteiger partial charge on any atom is -0.292 e. The quantitative estimate of drug-likeness (QED) is 0.827. The molecule has 1 aliphatic carbocycles. The Balaban J connectivity index is 1.84. The van der Waals surface area contributed by atoms with Crippen LogP contribution in [0, 0.1) is 5.82 Å². The van der Waals surface area contributed by atoms with Crippen molar-refractivity contribution in [3.63, 3.8) is 0 Å². The molecule has 0 spiro atoms. The number of aliphatic imine (C=N–C) groups is 1. The first kappa shape index (κ1) is 16.8. The molecular formula is C21H19FN2O2. The Kier molecular flexibility index (Phi) is 4.47. The van der Waals surface area contributed by atoms with E-state index >= 15 is 0 Å². The number of ketones is 2. The van der Waals surface area contributed by atoms with E-state index in [0.29, 0.717) is 16.8 Å². The maximum atomic E-state index is 13.6. The number of fused-ring (bicyclic) bond motifs is 1. The van der Waals surface area contributed by atoms with Gasteiger partial charge >= 0.3 is 0 Å². The summed E-state index contributed by atoms with van der Waals surface area (Å²) in [6.45, 7) is 1.52. The first-order chi connectivity index (χ1) is 12.6. The normalized spacial score (nSPS) is 22.5. The van der Waals surface area contributed by atoms with E-state index in [0.717, 1.165) is 32.4 Å². The first-order valence-corrected chi connectivity index (χ1v) is 8.91. The van der Waals surface area contributed by atoms with Gasteiger partial charge in [0.05, 0.1) is 5.69 Å². The number of hydrogen-bond donors (Lipinski definition) is 0. The zero-order chi connectivity index (χ0) is 18.1. The molecule has 2 aromatic carbocycles. The van der Waals surface area contributed by atoms with E-state index in [1.165, 1.54) is 12.1 Å². The van der Waals surface area contributed by atoms with Crippen molar-refractivity contribution in [3.8, 4) is 0 Å². The van der Waals surface area contributed by atoms with E-state index in [-0.39, 0.29) is 17.3 Å². The molecule has 1 unspecified atom stereocenters. The fraction of sp³-hybridized carbons (Fsp3) is 0.286. The highest BCUT2D eigenvalue weighted by molar-refractivity contribution is 6.55. The van der Waals surface area contributed by atoms with Crippen molar-refractivity contribution in [2.75, 3.05) is 13.1 Å². The van der Waals surface area contributed by atoms with Gasteiger partial charge in [-0.1, -0.05) is 36.8 Å². The lowest BCUT2D eigenvalue weighted by Gasteiger charge is -2.36. The number of Topliss-reactive ketones (excluding diaryl/α,β-unsaturated/α-hetero) is 2. The summed E-state index contributed by atoms with van der Waals surface area (Å²) >= 11 is 0. The lowest BCUT2D eigenvalue weighted by Crippen LogP contribution is -2.54. The van der Waals surface area contributed by atoms with Crippen molar-refractivity contribution in [1.82, 2.24) is 4.90 Å². The summed E-state index contributed by atoms with van der Waals surface area (Å²) in [5, 5.41) is 0. The highest BCUT2D eigenvalue weighted by atomic mass is 19.1. The summed E-state index contributed by atoms with van der Waals surface area (Å²) in [7, 11) is 0. The monoisotopic (exact) mass is 350 g/mol. The maximum absolute atomic E-state index is 13.6. The summed E-state index contributed by atoms with van der Waals surface area (Å²) in [5.41, 5.74) is 1.37. The largest absolute Gasteiger partial charge is 0.292 e. The number of piperidine rings is 1. The van der Waals surface area contributed by atoms with Crippen LogP contribution in [0.5, 0.6) is 0 Å². The maximum Gasteiger partial charge on any atom is 0.210 e. The predicted molar refractivity (Wildman–Crippen MR) is 97.8 cm³/mol. The van der Waals surface area contributed by atoms with Gasteiger partial charge in [-0.25, -0.2) is 9.38 Å². The Hall–Kier alpha value is -2.66. The predicted octanol–water partition coefficient (Wildman–Crippen LogP) is 3.83. The second kappa shape index (κ2) is 6.92. The van der Waals surface area contributed by atoms with Gasteiger partial charge in [0.15, 0.2) is 5.78 Å². The SMILES string of the molecule is O=C1C(=Nc2cccc(F)c2)C(N2CCCCC2)C(=O)c2ccccc21. The number of carbonyl (C=O) groups is 2. The van der Waals surface area contributed by atoms with Crippen molar-refractivity contribution < 1.29 is 14.0 Å². The van der Waals surface area contributed by atoms with E-state index < -0.39 is 11.9 Å². The molecule has 4 nitrogen and oxygen atoms in total. The molecule has 1 heterocycles. The number of likely N-dealkylation sites (tertiary alicyclic amines) is 1. The van der Waals surface area contributed by atoms with Gasteiger partial charge in [-0.2, -0.15) is 0 Å². The molecule has 1 fully saturated rings. The molecule has 132 valence electrons. The molecule has 1 aliphatic heterocycles. The third kappa shape index (κ3) is 2.99. The van der Waals surface area contributed by atoms with Crippen LogP contribution >= 0.6 is 0 Å². The van der Waals surface area contributed by atoms with Gasteiger partial charge in [0, 0.05) is 11.1 Å². The van der Waals surface area contributed by atoms with Crippen molar-refractivity contribution in [3.05, 3.63) is 65.5 Å². The van der Waals surface area contributed by atoms with Crippen LogP contribution in [0.2, 0.25) is 0 Å². The third-order valence-corrected chi connectivity index (χ3v) is 4.99. The van der Waals surface area contributed by atoms with E-state index in [9.17, 15) is 14.0 Å². The Labute approximate surface area is 151 Å². The van der Waals surface area contributed by atoms with E-state index in [2.05, 4.69) is 4.99 Å². The lowest BCUT2D eigenvalue weighted by molar-refractivity contribution is 0.0831. The molecule has 0 amide bonds. The summed E-state index contributed by atoms with van der Waals surface area (Å²) < 4.78 is 13.6. The number of halogens is 1. The number of hydrogen-bond acceptors (Lipinski definition) is 4. The average Bonchev–Trinajstić information content (AvgIpc) is 2.67. The molecule has 0 N–H and O–H groups in total. The highest BCUT2D eigenvalue weighted by Crippen LogP contribution is 2.27. The molecule has 0 bridgehead atoms. The van der Waals surface area contributed by atoms with Gasteiger partial charge in [0.1, 0.15) is 17.6 Å². The van der Waals surface area contributed by atoms with Crippen LogP contribution in [0.25, 0.3) is 0 Å². The van der Waals surface area contributed by atoms with Crippen molar-refractivity contribution in [2.24, 2.45) is 4.99 Å². The molecule has 26 heavy (non-hydrogen) atoms. The van der Waals surface area contributed by atoms with Gasteiger partial charge in [-0.3, -0.25) is 14.5 Å². The standard InChI is InChI=1S/C21H19FN2O2/c22-14-7-6-8-15(13-14)23-18-19(24-11-4-1-5-12-24)21(26)17-10-3-2-9-16(17)20(18)25/h2-3,6-10,13,19H,1,4-5,11-12H2. The van der Waals surface area contributed by atoms with Gasteiger partial charge in [-0.05, 0) is 44.1 Å². The average molecular weight is 350 g/mol. The smallest absolute Gasteiger partial charge is 0.210 e. The van der Waals surface area contributed by atoms with E-state index in [1.54, 1.807) is 36.4 Å². The van der Waals surface area contributed by atoms with Crippen LogP contribution in [-0.4, -0.2) is 41.3 Å². The number of nitrogens with zero attached hydrogens (tertiary/aromatic N) is 2. The minimum atomic E-state index is -0.694. The van der Waals surface area contributed by atoms with E-state index in [1.807, 2.05) is 4.90 Å². The Morgan fingerprint density at radius 1 is 0.923 bits per heavy atom. The summed E-state index contributed by atoms with van der Waals surface area (Å²) in [4.78, 5) is 32.8. The Bertz CT molecular complexity index is 900. The molecule has 2 aromatic rings. The molecule has 0 saturated carbocycles. The molecular weight excluding hydrogens is 331 g/mol. The van der Waals surface area contributed by atoms with Gasteiger partial charge in [0.2, 0.25) is 5.78 Å². The molecule has 4 rings (SSSR count). The van der Waals surface area contributed by atoms with Gasteiger partial charge in [-0.15, -0.1) is 0 Å². The molecule has 0 aromatic heterocycles. The molecule has 1 saturated heterocycles. The third-order valence-electron chi connectivity index (χ3n) is 4.99. The zero-order valence-electron chi connectivity index (χ0n) is 14.3. The lowest BCUT2D eigenvalue weighted by atomic mass is 9.83. The minimum absolute atomic E-state index is 0.0998. The summed E-state index contributed by atoms with van der Waals surface area (Å²) in [5.74, 6) is -0.770. The van der Waals surface area contributed by atoms with E-state index in [4.69, 9.17) is 0 Å². The molecule has 1 atom stereocenters. The number of carbonyl (C=O) groups excluding carboxylic acids is 2. The van der Waals surface area contributed by atoms with Crippen LogP contribution in [0.3, 0.4) is 0 Å². The number of rotatable bonds is 2. The fourth-order valence-corrected chi connectivity index (χ4v) is 3.74. The summed E-state index contributed by atoms with van der Waals surface area (Å²) in [6, 6.07) is 12.0. The van der Waals surface area contributed by atoms with Gasteiger partial charge in [0.25, 0.3) is 0 Å². The summed E-state index contributed by atoms with van der Waals surface area (Å²) in [6.07, 6.45) is 3.11. The van der Waals surface area contributed by atoms with Crippen molar-refractivity contribution >= 4 is 23.0 Å². The second-order valence-electron chi connectivity index (χ2n) is 6.72. The molecule has 2 aliphatic rings. The molecule has 0 radical (unpaired) electrons. The van der Waals surface area contributed by atoms with Crippen LogP contribution in [0.15, 0.2) is 53.5 Å². The Morgan fingerprint density at radius 3 is 2.38 bits per heavy atom. The van der Waals surface area contributed by atoms with Crippen LogP contribution in [0.1, 0.15) is 40.0 Å². The number of benzene rings is 2. The van der Waals surface area contributed by atoms with Crippen LogP contribution in [-0.2, 0) is 0 Å². The fourth-order valence-electron chi connectivity index (χ4n) is 3.74.